The van der Waals surface area contributed by atoms with Crippen molar-refractivity contribution < 1.29 is 10.2 Å². The van der Waals surface area contributed by atoms with Crippen LogP contribution in [0.3, 0.4) is 0 Å². The quantitative estimate of drug-likeness (QED) is 0.554. The second-order valence-electron chi connectivity index (χ2n) is 6.48. The smallest absolute Gasteiger partial charge is 0.133 e. The van der Waals surface area contributed by atoms with Crippen molar-refractivity contribution in [2.75, 3.05) is 0 Å². The first-order valence-corrected chi connectivity index (χ1v) is 9.29. The fourth-order valence-corrected chi connectivity index (χ4v) is 3.00. The largest absolute Gasteiger partial charge is 0.384 e. The highest BCUT2D eigenvalue weighted by Gasteiger charge is 2.27. The van der Waals surface area contributed by atoms with Crippen molar-refractivity contribution >= 4 is 0 Å². The number of aliphatic hydroxyl groups is 2. The van der Waals surface area contributed by atoms with E-state index in [9.17, 15) is 10.2 Å². The van der Waals surface area contributed by atoms with Crippen LogP contribution < -0.4 is 0 Å². The minimum absolute atomic E-state index is 0.639. The Morgan fingerprint density at radius 1 is 0.607 bits per heavy atom. The van der Waals surface area contributed by atoms with Crippen LogP contribution in [-0.2, 0) is 5.60 Å². The molecule has 140 valence electrons. The monoisotopic (exact) mass is 368 g/mol. The van der Waals surface area contributed by atoms with Gasteiger partial charge in [-0.2, -0.15) is 0 Å². The summed E-state index contributed by atoms with van der Waals surface area (Å²) in [5.74, 6) is 0. The molecular weight excluding hydrogens is 344 g/mol. The van der Waals surface area contributed by atoms with Crippen molar-refractivity contribution in [3.8, 4) is 0 Å². The molecule has 0 aliphatic rings. The van der Waals surface area contributed by atoms with E-state index in [-0.39, 0.29) is 0 Å². The van der Waals surface area contributed by atoms with Crippen molar-refractivity contribution in [1.82, 2.24) is 0 Å². The predicted octanol–water partition coefficient (Wildman–Crippen LogP) is 5.32. The van der Waals surface area contributed by atoms with Crippen molar-refractivity contribution in [3.63, 3.8) is 0 Å². The lowest BCUT2D eigenvalue weighted by Gasteiger charge is -2.25. The highest BCUT2D eigenvalue weighted by molar-refractivity contribution is 5.41. The van der Waals surface area contributed by atoms with E-state index in [1.54, 1.807) is 18.2 Å². The van der Waals surface area contributed by atoms with E-state index in [1.807, 2.05) is 109 Å². The summed E-state index contributed by atoms with van der Waals surface area (Å²) < 4.78 is 0. The lowest BCUT2D eigenvalue weighted by molar-refractivity contribution is 0.134. The molecule has 0 bridgehead atoms. The van der Waals surface area contributed by atoms with Crippen LogP contribution in [0, 0.1) is 0 Å². The summed E-state index contributed by atoms with van der Waals surface area (Å²) >= 11 is 0. The zero-order valence-electron chi connectivity index (χ0n) is 15.6. The first-order chi connectivity index (χ1) is 13.7. The highest BCUT2D eigenvalue weighted by atomic mass is 16.3. The van der Waals surface area contributed by atoms with Gasteiger partial charge in [0.1, 0.15) is 5.60 Å². The van der Waals surface area contributed by atoms with Crippen molar-refractivity contribution in [2.45, 2.75) is 11.7 Å². The number of hydrogen-bond donors (Lipinski definition) is 2. The van der Waals surface area contributed by atoms with Gasteiger partial charge in [-0.3, -0.25) is 0 Å². The van der Waals surface area contributed by atoms with E-state index < -0.39 is 11.7 Å². The Kier molecular flexibility index (Phi) is 6.74. The molecule has 3 aromatic rings. The molecule has 2 N–H and O–H groups in total. The minimum atomic E-state index is -1.21. The lowest BCUT2D eigenvalue weighted by Crippen LogP contribution is -2.24. The summed E-state index contributed by atoms with van der Waals surface area (Å²) in [5, 5.41) is 21.5. The summed E-state index contributed by atoms with van der Waals surface area (Å²) in [5.41, 5.74) is 1.26. The Morgan fingerprint density at radius 2 is 1.07 bits per heavy atom. The molecule has 0 saturated carbocycles. The van der Waals surface area contributed by atoms with Crippen LogP contribution in [0.5, 0.6) is 0 Å². The number of hydrogen-bond acceptors (Lipinski definition) is 2. The minimum Gasteiger partial charge on any atom is -0.384 e. The Morgan fingerprint density at radius 3 is 1.61 bits per heavy atom. The fraction of sp³-hybridized carbons (Fsp3) is 0.0769. The Bertz CT molecular complexity index is 886. The van der Waals surface area contributed by atoms with Crippen LogP contribution in [0.1, 0.15) is 22.8 Å². The second kappa shape index (κ2) is 9.65. The average Bonchev–Trinajstić information content (AvgIpc) is 2.77. The van der Waals surface area contributed by atoms with Gasteiger partial charge in [0.15, 0.2) is 0 Å². The van der Waals surface area contributed by atoms with E-state index in [1.165, 1.54) is 0 Å². The molecule has 0 saturated heterocycles. The van der Waals surface area contributed by atoms with E-state index in [0.717, 1.165) is 16.7 Å². The van der Waals surface area contributed by atoms with Crippen molar-refractivity contribution in [3.05, 3.63) is 144 Å². The SMILES string of the molecule is OC(/C=C/C=C/C=C\C(O)(c1ccccc1)c1ccccc1)c1ccccc1. The van der Waals surface area contributed by atoms with Crippen molar-refractivity contribution in [1.29, 1.82) is 0 Å². The van der Waals surface area contributed by atoms with Crippen LogP contribution in [0.4, 0.5) is 0 Å². The van der Waals surface area contributed by atoms with Crippen LogP contribution in [0.25, 0.3) is 0 Å². The third-order valence-electron chi connectivity index (χ3n) is 4.53. The van der Waals surface area contributed by atoms with Gasteiger partial charge in [-0.05, 0) is 22.8 Å². The van der Waals surface area contributed by atoms with Gasteiger partial charge in [-0.15, -0.1) is 0 Å². The number of benzene rings is 3. The molecule has 0 amide bonds. The van der Waals surface area contributed by atoms with E-state index in [4.69, 9.17) is 0 Å². The first-order valence-electron chi connectivity index (χ1n) is 9.29. The third kappa shape index (κ3) is 4.95. The zero-order chi connectivity index (χ0) is 19.7. The average molecular weight is 368 g/mol. The molecule has 0 aliphatic heterocycles. The molecule has 3 aromatic carbocycles. The van der Waals surface area contributed by atoms with Gasteiger partial charge >= 0.3 is 0 Å². The third-order valence-corrected chi connectivity index (χ3v) is 4.53. The summed E-state index contributed by atoms with van der Waals surface area (Å²) in [6, 6.07) is 28.7. The Hall–Kier alpha value is -3.20. The first kappa shape index (κ1) is 19.6. The zero-order valence-corrected chi connectivity index (χ0v) is 15.6. The molecule has 0 heterocycles. The Balaban J connectivity index is 1.74. The maximum absolute atomic E-state index is 11.4. The molecule has 0 fully saturated rings. The number of rotatable bonds is 7. The topological polar surface area (TPSA) is 40.5 Å². The molecule has 0 radical (unpaired) electrons. The van der Waals surface area contributed by atoms with Crippen LogP contribution in [0.15, 0.2) is 127 Å². The molecule has 0 aliphatic carbocycles. The van der Waals surface area contributed by atoms with Gasteiger partial charge in [0.25, 0.3) is 0 Å². The standard InChI is InChI=1S/C26H24O2/c27-25(22-14-6-3-7-15-22)20-12-1-2-13-21-26(28,23-16-8-4-9-17-23)24-18-10-5-11-19-24/h1-21,25,27-28H/b2-1+,20-12+,21-13-. The molecule has 3 rings (SSSR count). The summed E-state index contributed by atoms with van der Waals surface area (Å²) in [7, 11) is 0. The lowest BCUT2D eigenvalue weighted by atomic mass is 9.86. The maximum Gasteiger partial charge on any atom is 0.133 e. The van der Waals surface area contributed by atoms with E-state index in [2.05, 4.69) is 0 Å². The molecular formula is C26H24O2. The molecule has 1 atom stereocenters. The van der Waals surface area contributed by atoms with Gasteiger partial charge in [0, 0.05) is 0 Å². The van der Waals surface area contributed by atoms with Gasteiger partial charge in [-0.1, -0.05) is 121 Å². The van der Waals surface area contributed by atoms with Crippen LogP contribution in [-0.4, -0.2) is 10.2 Å². The van der Waals surface area contributed by atoms with Crippen LogP contribution >= 0.6 is 0 Å². The summed E-state index contributed by atoms with van der Waals surface area (Å²) in [6.07, 6.45) is 10.1. The second-order valence-corrected chi connectivity index (χ2v) is 6.48. The normalized spacial score (nSPS) is 13.5. The molecule has 2 heteroatoms. The number of allylic oxidation sites excluding steroid dienone is 4. The Labute approximate surface area is 166 Å². The molecule has 28 heavy (non-hydrogen) atoms. The van der Waals surface area contributed by atoms with Crippen molar-refractivity contribution in [2.24, 2.45) is 0 Å². The number of aliphatic hydroxyl groups excluding tert-OH is 1. The predicted molar refractivity (Wildman–Crippen MR) is 115 cm³/mol. The highest BCUT2D eigenvalue weighted by Crippen LogP contribution is 2.30. The molecule has 2 nitrogen and oxygen atoms in total. The van der Waals surface area contributed by atoms with Gasteiger partial charge in [-0.25, -0.2) is 0 Å². The summed E-state index contributed by atoms with van der Waals surface area (Å²) in [6.45, 7) is 0. The van der Waals surface area contributed by atoms with E-state index in [0.29, 0.717) is 0 Å². The molecule has 0 aromatic heterocycles. The van der Waals surface area contributed by atoms with Gasteiger partial charge < -0.3 is 10.2 Å². The molecule has 0 spiro atoms. The summed E-state index contributed by atoms with van der Waals surface area (Å²) in [4.78, 5) is 0. The van der Waals surface area contributed by atoms with Gasteiger partial charge in [0.2, 0.25) is 0 Å². The van der Waals surface area contributed by atoms with E-state index >= 15 is 0 Å². The van der Waals surface area contributed by atoms with Gasteiger partial charge in [0.05, 0.1) is 6.10 Å². The van der Waals surface area contributed by atoms with Crippen LogP contribution in [0.2, 0.25) is 0 Å². The maximum atomic E-state index is 11.4. The fourth-order valence-electron chi connectivity index (χ4n) is 3.00. The molecule has 1 unspecified atom stereocenters.